The Kier molecular flexibility index (Phi) is 6.52. The number of Topliss-reactive ketones (excluding diaryl/α,β-unsaturated/α-hetero) is 1. The molecule has 1 aromatic heterocycles. The second-order valence-electron chi connectivity index (χ2n) is 8.54. The van der Waals surface area contributed by atoms with E-state index >= 15 is 0 Å². The van der Waals surface area contributed by atoms with Crippen LogP contribution in [-0.2, 0) is 19.5 Å². The second kappa shape index (κ2) is 9.48. The number of piperidine rings is 1. The van der Waals surface area contributed by atoms with Gasteiger partial charge in [-0.3, -0.25) is 14.4 Å². The van der Waals surface area contributed by atoms with Crippen molar-refractivity contribution in [3.8, 4) is 0 Å². The molecule has 0 unspecified atom stereocenters. The Bertz CT molecular complexity index is 1030. The molecule has 4 rings (SSSR count). The van der Waals surface area contributed by atoms with E-state index in [1.165, 1.54) is 16.8 Å². The van der Waals surface area contributed by atoms with Gasteiger partial charge in [0.15, 0.2) is 5.78 Å². The van der Waals surface area contributed by atoms with Gasteiger partial charge >= 0.3 is 0 Å². The fourth-order valence-electron chi connectivity index (χ4n) is 4.54. The Labute approximate surface area is 184 Å². The van der Waals surface area contributed by atoms with Crippen LogP contribution in [0.15, 0.2) is 54.7 Å². The summed E-state index contributed by atoms with van der Waals surface area (Å²) < 4.78 is 2.07. The van der Waals surface area contributed by atoms with Gasteiger partial charge in [-0.25, -0.2) is 0 Å². The molecule has 0 amide bonds. The number of likely N-dealkylation sites (tertiary alicyclic amines) is 1. The van der Waals surface area contributed by atoms with E-state index in [1.807, 2.05) is 42.6 Å². The lowest BCUT2D eigenvalue weighted by atomic mass is 9.88. The molecule has 31 heavy (non-hydrogen) atoms. The predicted octanol–water partition coefficient (Wildman–Crippen LogP) is 4.60. The van der Waals surface area contributed by atoms with Gasteiger partial charge in [-0.15, -0.1) is 0 Å². The van der Waals surface area contributed by atoms with E-state index in [9.17, 15) is 4.79 Å². The van der Waals surface area contributed by atoms with Crippen LogP contribution in [0.1, 0.15) is 58.4 Å². The van der Waals surface area contributed by atoms with Crippen LogP contribution in [0.4, 0.5) is 5.69 Å². The zero-order valence-corrected chi connectivity index (χ0v) is 18.6. The van der Waals surface area contributed by atoms with Gasteiger partial charge in [0.1, 0.15) is 0 Å². The number of hydrogen-bond acceptors (Lipinski definition) is 4. The van der Waals surface area contributed by atoms with Crippen molar-refractivity contribution >= 4 is 11.5 Å². The number of carbonyl (C=O) groups excluding carboxylic acids is 1. The molecular formula is C26H32N4O. The smallest absolute Gasteiger partial charge is 0.167 e. The molecule has 3 aromatic rings. The zero-order chi connectivity index (χ0) is 21.8. The third kappa shape index (κ3) is 4.88. The van der Waals surface area contributed by atoms with Crippen molar-refractivity contribution in [3.63, 3.8) is 0 Å². The second-order valence-corrected chi connectivity index (χ2v) is 8.54. The van der Waals surface area contributed by atoms with Crippen LogP contribution in [0.5, 0.6) is 0 Å². The van der Waals surface area contributed by atoms with Crippen LogP contribution in [-0.4, -0.2) is 33.6 Å². The number of para-hydroxylation sites is 1. The standard InChI is InChI=1S/C26H32N4O/c1-3-30-19(2)24(17-28-30)18-29-14-12-21(13-15-29)20-8-10-22(11-9-20)26(31)16-23-6-4-5-7-25(23)27/h4-11,17,21H,3,12-16,18,27H2,1-2H3. The number of aryl methyl sites for hydroxylation is 1. The summed E-state index contributed by atoms with van der Waals surface area (Å²) in [6.45, 7) is 8.38. The first-order chi connectivity index (χ1) is 15.0. The third-order valence-electron chi connectivity index (χ3n) is 6.60. The monoisotopic (exact) mass is 416 g/mol. The summed E-state index contributed by atoms with van der Waals surface area (Å²) >= 11 is 0. The summed E-state index contributed by atoms with van der Waals surface area (Å²) in [6.07, 6.45) is 4.66. The van der Waals surface area contributed by atoms with Crippen LogP contribution < -0.4 is 5.73 Å². The summed E-state index contributed by atoms with van der Waals surface area (Å²) in [5.74, 6) is 0.673. The van der Waals surface area contributed by atoms with Crippen LogP contribution in [0.25, 0.3) is 0 Å². The molecule has 0 radical (unpaired) electrons. The van der Waals surface area contributed by atoms with Gasteiger partial charge in [-0.1, -0.05) is 42.5 Å². The molecule has 0 spiro atoms. The average molecular weight is 417 g/mol. The molecular weight excluding hydrogens is 384 g/mol. The van der Waals surface area contributed by atoms with E-state index < -0.39 is 0 Å². The Morgan fingerprint density at radius 1 is 1.06 bits per heavy atom. The van der Waals surface area contributed by atoms with Gasteiger partial charge in [0.2, 0.25) is 0 Å². The molecule has 0 aliphatic carbocycles. The molecule has 5 nitrogen and oxygen atoms in total. The van der Waals surface area contributed by atoms with Crippen molar-refractivity contribution in [3.05, 3.63) is 82.7 Å². The molecule has 0 saturated carbocycles. The summed E-state index contributed by atoms with van der Waals surface area (Å²) in [4.78, 5) is 15.2. The van der Waals surface area contributed by atoms with Gasteiger partial charge in [0, 0.05) is 42.0 Å². The van der Waals surface area contributed by atoms with Crippen molar-refractivity contribution in [2.75, 3.05) is 18.8 Å². The minimum absolute atomic E-state index is 0.113. The quantitative estimate of drug-likeness (QED) is 0.452. The molecule has 2 aromatic carbocycles. The van der Waals surface area contributed by atoms with Gasteiger partial charge in [0.25, 0.3) is 0 Å². The van der Waals surface area contributed by atoms with Crippen molar-refractivity contribution in [2.45, 2.75) is 52.1 Å². The maximum atomic E-state index is 12.7. The minimum atomic E-state index is 0.113. The molecule has 162 valence electrons. The fraction of sp³-hybridized carbons (Fsp3) is 0.385. The van der Waals surface area contributed by atoms with Crippen LogP contribution >= 0.6 is 0 Å². The molecule has 2 N–H and O–H groups in total. The number of benzene rings is 2. The molecule has 5 heteroatoms. The van der Waals surface area contributed by atoms with Crippen molar-refractivity contribution < 1.29 is 4.79 Å². The normalized spacial score (nSPS) is 15.3. The van der Waals surface area contributed by atoms with Crippen LogP contribution in [0.2, 0.25) is 0 Å². The van der Waals surface area contributed by atoms with E-state index in [2.05, 4.69) is 40.7 Å². The molecule has 0 atom stereocenters. The molecule has 1 saturated heterocycles. The summed E-state index contributed by atoms with van der Waals surface area (Å²) in [5, 5.41) is 4.47. The zero-order valence-electron chi connectivity index (χ0n) is 18.6. The SMILES string of the molecule is CCn1ncc(CN2CCC(c3ccc(C(=O)Cc4ccccc4N)cc3)CC2)c1C. The van der Waals surface area contributed by atoms with Crippen LogP contribution in [0.3, 0.4) is 0 Å². The van der Waals surface area contributed by atoms with Gasteiger partial charge in [-0.05, 0) is 62.9 Å². The molecule has 1 fully saturated rings. The van der Waals surface area contributed by atoms with Crippen molar-refractivity contribution in [2.24, 2.45) is 0 Å². The lowest BCUT2D eigenvalue weighted by Gasteiger charge is -2.32. The Morgan fingerprint density at radius 2 is 1.77 bits per heavy atom. The molecule has 2 heterocycles. The number of rotatable bonds is 7. The fourth-order valence-corrected chi connectivity index (χ4v) is 4.54. The number of aromatic nitrogens is 2. The van der Waals surface area contributed by atoms with Crippen molar-refractivity contribution in [1.82, 2.24) is 14.7 Å². The molecule has 0 bridgehead atoms. The third-order valence-corrected chi connectivity index (χ3v) is 6.60. The number of hydrogen-bond donors (Lipinski definition) is 1. The first kappa shape index (κ1) is 21.3. The van der Waals surface area contributed by atoms with Crippen molar-refractivity contribution in [1.29, 1.82) is 0 Å². The lowest BCUT2D eigenvalue weighted by Crippen LogP contribution is -2.32. The highest BCUT2D eigenvalue weighted by Gasteiger charge is 2.22. The molecule has 1 aliphatic heterocycles. The Balaban J connectivity index is 1.32. The number of anilines is 1. The number of nitrogens with two attached hydrogens (primary N) is 1. The minimum Gasteiger partial charge on any atom is -0.398 e. The first-order valence-corrected chi connectivity index (χ1v) is 11.2. The average Bonchev–Trinajstić information content (AvgIpc) is 3.15. The summed E-state index contributed by atoms with van der Waals surface area (Å²) in [5.41, 5.74) is 12.3. The van der Waals surface area contributed by atoms with E-state index in [0.717, 1.165) is 50.1 Å². The van der Waals surface area contributed by atoms with E-state index in [-0.39, 0.29) is 5.78 Å². The number of carbonyl (C=O) groups is 1. The highest BCUT2D eigenvalue weighted by atomic mass is 16.1. The van der Waals surface area contributed by atoms with E-state index in [1.54, 1.807) is 0 Å². The van der Waals surface area contributed by atoms with Gasteiger partial charge < -0.3 is 5.73 Å². The first-order valence-electron chi connectivity index (χ1n) is 11.2. The predicted molar refractivity (Wildman–Crippen MR) is 125 cm³/mol. The van der Waals surface area contributed by atoms with E-state index in [0.29, 0.717) is 18.0 Å². The number of nitrogens with zero attached hydrogens (tertiary/aromatic N) is 3. The van der Waals surface area contributed by atoms with Gasteiger partial charge in [-0.2, -0.15) is 5.10 Å². The topological polar surface area (TPSA) is 64.2 Å². The Morgan fingerprint density at radius 3 is 2.42 bits per heavy atom. The lowest BCUT2D eigenvalue weighted by molar-refractivity contribution is 0.0993. The highest BCUT2D eigenvalue weighted by Crippen LogP contribution is 2.29. The summed E-state index contributed by atoms with van der Waals surface area (Å²) in [6, 6.07) is 15.8. The Hall–Kier alpha value is -2.92. The van der Waals surface area contributed by atoms with E-state index in [4.69, 9.17) is 5.73 Å². The number of nitrogen functional groups attached to an aromatic ring is 1. The largest absolute Gasteiger partial charge is 0.398 e. The molecule has 1 aliphatic rings. The number of ketones is 1. The maximum Gasteiger partial charge on any atom is 0.167 e. The maximum absolute atomic E-state index is 12.7. The summed E-state index contributed by atoms with van der Waals surface area (Å²) in [7, 11) is 0. The highest BCUT2D eigenvalue weighted by molar-refractivity contribution is 5.98. The van der Waals surface area contributed by atoms with Crippen LogP contribution in [0, 0.1) is 6.92 Å². The van der Waals surface area contributed by atoms with Gasteiger partial charge in [0.05, 0.1) is 6.20 Å².